The minimum absolute atomic E-state index is 0.0341. The number of esters is 1. The summed E-state index contributed by atoms with van der Waals surface area (Å²) < 4.78 is 15.8. The van der Waals surface area contributed by atoms with Crippen molar-refractivity contribution in [2.45, 2.75) is 43.7 Å². The van der Waals surface area contributed by atoms with Crippen molar-refractivity contribution in [2.24, 2.45) is 5.92 Å². The van der Waals surface area contributed by atoms with Crippen molar-refractivity contribution in [1.82, 2.24) is 10.3 Å². The topological polar surface area (TPSA) is 116 Å². The molecular weight excluding hydrogens is 458 g/mol. The molecule has 0 atom stereocenters. The van der Waals surface area contributed by atoms with Crippen LogP contribution in [0.4, 0.5) is 5.69 Å². The van der Waals surface area contributed by atoms with E-state index >= 15 is 0 Å². The van der Waals surface area contributed by atoms with Crippen molar-refractivity contribution >= 4 is 35.2 Å². The SMILES string of the molecule is CC1CCC(NC(=O)COC(=O)c2cccnc2SCC(=O)Nc2ccc3c(c2)OCO3)CC1. The minimum Gasteiger partial charge on any atom is -0.454 e. The number of aromatic nitrogens is 1. The minimum atomic E-state index is -0.654. The number of hydrogen-bond acceptors (Lipinski definition) is 8. The van der Waals surface area contributed by atoms with Gasteiger partial charge in [0.25, 0.3) is 5.91 Å². The number of fused-ring (bicyclic) bond motifs is 1. The van der Waals surface area contributed by atoms with Crippen LogP contribution in [-0.4, -0.2) is 48.0 Å². The van der Waals surface area contributed by atoms with Crippen molar-refractivity contribution in [3.8, 4) is 11.5 Å². The molecular formula is C24H27N3O6S. The lowest BCUT2D eigenvalue weighted by molar-refractivity contribution is -0.125. The van der Waals surface area contributed by atoms with Gasteiger partial charge in [-0.2, -0.15) is 0 Å². The number of carbonyl (C=O) groups is 3. The lowest BCUT2D eigenvalue weighted by Gasteiger charge is -2.26. The molecule has 1 fully saturated rings. The van der Waals surface area contributed by atoms with E-state index in [0.717, 1.165) is 37.4 Å². The molecule has 34 heavy (non-hydrogen) atoms. The number of amides is 2. The van der Waals surface area contributed by atoms with Crippen molar-refractivity contribution in [3.05, 3.63) is 42.1 Å². The Bertz CT molecular complexity index is 1050. The van der Waals surface area contributed by atoms with Gasteiger partial charge in [0.2, 0.25) is 12.7 Å². The van der Waals surface area contributed by atoms with Gasteiger partial charge < -0.3 is 24.8 Å². The second kappa shape index (κ2) is 11.2. The first-order valence-electron chi connectivity index (χ1n) is 11.2. The van der Waals surface area contributed by atoms with Crippen LogP contribution in [0.15, 0.2) is 41.6 Å². The number of carbonyl (C=O) groups excluding carboxylic acids is 3. The van der Waals surface area contributed by atoms with Crippen molar-refractivity contribution in [1.29, 1.82) is 0 Å². The maximum absolute atomic E-state index is 12.6. The number of benzene rings is 1. The average Bonchev–Trinajstić information content (AvgIpc) is 3.31. The Morgan fingerprint density at radius 3 is 2.71 bits per heavy atom. The lowest BCUT2D eigenvalue weighted by atomic mass is 9.87. The summed E-state index contributed by atoms with van der Waals surface area (Å²) in [7, 11) is 0. The standard InChI is InChI=1S/C24H27N3O6S/c1-15-4-6-16(7-5-15)26-21(28)12-31-24(30)18-3-2-10-25-23(18)34-13-22(29)27-17-8-9-19-20(11-17)33-14-32-19/h2-3,8-11,15-16H,4-7,12-14H2,1H3,(H,26,28)(H,27,29). The Morgan fingerprint density at radius 1 is 1.09 bits per heavy atom. The van der Waals surface area contributed by atoms with E-state index in [1.807, 2.05) is 0 Å². The molecule has 180 valence electrons. The van der Waals surface area contributed by atoms with E-state index < -0.39 is 5.97 Å². The van der Waals surface area contributed by atoms with Gasteiger partial charge in [0.1, 0.15) is 5.03 Å². The highest BCUT2D eigenvalue weighted by atomic mass is 32.2. The number of pyridine rings is 1. The molecule has 10 heteroatoms. The molecule has 1 aromatic heterocycles. The van der Waals surface area contributed by atoms with Gasteiger partial charge in [0.15, 0.2) is 18.1 Å². The molecule has 9 nitrogen and oxygen atoms in total. The van der Waals surface area contributed by atoms with Gasteiger partial charge in [-0.25, -0.2) is 9.78 Å². The highest BCUT2D eigenvalue weighted by Crippen LogP contribution is 2.34. The number of nitrogens with zero attached hydrogens (tertiary/aromatic N) is 1. The molecule has 1 aliphatic carbocycles. The second-order valence-corrected chi connectivity index (χ2v) is 9.33. The molecule has 2 N–H and O–H groups in total. The van der Waals surface area contributed by atoms with Crippen LogP contribution in [-0.2, 0) is 14.3 Å². The maximum atomic E-state index is 12.6. The van der Waals surface area contributed by atoms with E-state index in [1.54, 1.807) is 30.3 Å². The van der Waals surface area contributed by atoms with Gasteiger partial charge >= 0.3 is 5.97 Å². The Balaban J connectivity index is 1.26. The second-order valence-electron chi connectivity index (χ2n) is 8.36. The zero-order valence-electron chi connectivity index (χ0n) is 18.9. The molecule has 2 heterocycles. The summed E-state index contributed by atoms with van der Waals surface area (Å²) >= 11 is 1.11. The molecule has 2 aliphatic rings. The number of thioether (sulfide) groups is 1. The van der Waals surface area contributed by atoms with E-state index in [9.17, 15) is 14.4 Å². The zero-order chi connectivity index (χ0) is 23.9. The van der Waals surface area contributed by atoms with E-state index in [2.05, 4.69) is 22.5 Å². The first-order valence-corrected chi connectivity index (χ1v) is 12.2. The molecule has 1 aromatic carbocycles. The molecule has 2 amide bonds. The fourth-order valence-electron chi connectivity index (χ4n) is 3.85. The van der Waals surface area contributed by atoms with Gasteiger partial charge in [-0.15, -0.1) is 0 Å². The first-order chi connectivity index (χ1) is 16.5. The molecule has 0 saturated heterocycles. The Kier molecular flexibility index (Phi) is 7.89. The Hall–Kier alpha value is -3.27. The van der Waals surface area contributed by atoms with Crippen LogP contribution in [0.5, 0.6) is 11.5 Å². The third-order valence-corrected chi connectivity index (χ3v) is 6.71. The number of ether oxygens (including phenoxy) is 3. The van der Waals surface area contributed by atoms with Crippen LogP contribution in [0.3, 0.4) is 0 Å². The van der Waals surface area contributed by atoms with Gasteiger partial charge in [0, 0.05) is 24.0 Å². The molecule has 0 radical (unpaired) electrons. The monoisotopic (exact) mass is 485 g/mol. The van der Waals surface area contributed by atoms with Crippen LogP contribution >= 0.6 is 11.8 Å². The molecule has 1 aliphatic heterocycles. The van der Waals surface area contributed by atoms with Crippen molar-refractivity contribution < 1.29 is 28.6 Å². The summed E-state index contributed by atoms with van der Waals surface area (Å²) in [5.41, 5.74) is 0.789. The van der Waals surface area contributed by atoms with E-state index in [4.69, 9.17) is 14.2 Å². The van der Waals surface area contributed by atoms with Gasteiger partial charge in [0.05, 0.1) is 11.3 Å². The normalized spacial score (nSPS) is 18.7. The largest absolute Gasteiger partial charge is 0.454 e. The molecule has 0 bridgehead atoms. The molecule has 0 spiro atoms. The summed E-state index contributed by atoms with van der Waals surface area (Å²) in [6.07, 6.45) is 5.59. The first kappa shape index (κ1) is 23.9. The van der Waals surface area contributed by atoms with Crippen LogP contribution in [0.1, 0.15) is 43.0 Å². The molecule has 0 unspecified atom stereocenters. The Morgan fingerprint density at radius 2 is 1.88 bits per heavy atom. The van der Waals surface area contributed by atoms with Gasteiger partial charge in [-0.3, -0.25) is 9.59 Å². The van der Waals surface area contributed by atoms with E-state index in [0.29, 0.717) is 28.1 Å². The third-order valence-electron chi connectivity index (χ3n) is 5.70. The number of hydrogen-bond donors (Lipinski definition) is 2. The van der Waals surface area contributed by atoms with Crippen LogP contribution < -0.4 is 20.1 Å². The smallest absolute Gasteiger partial charge is 0.341 e. The van der Waals surface area contributed by atoms with E-state index in [-0.39, 0.29) is 42.6 Å². The quantitative estimate of drug-likeness (QED) is 0.432. The summed E-state index contributed by atoms with van der Waals surface area (Å²) in [6.45, 7) is 2.02. The summed E-state index contributed by atoms with van der Waals surface area (Å²) in [5, 5.41) is 6.07. The highest BCUT2D eigenvalue weighted by molar-refractivity contribution is 8.00. The lowest BCUT2D eigenvalue weighted by Crippen LogP contribution is -2.39. The van der Waals surface area contributed by atoms with Crippen LogP contribution in [0, 0.1) is 5.92 Å². The fraction of sp³-hybridized carbons (Fsp3) is 0.417. The van der Waals surface area contributed by atoms with Gasteiger partial charge in [-0.1, -0.05) is 18.7 Å². The predicted molar refractivity (Wildman–Crippen MR) is 126 cm³/mol. The fourth-order valence-corrected chi connectivity index (χ4v) is 4.63. The van der Waals surface area contributed by atoms with Crippen molar-refractivity contribution in [3.63, 3.8) is 0 Å². The third kappa shape index (κ3) is 6.40. The number of rotatable bonds is 8. The predicted octanol–water partition coefficient (Wildman–Crippen LogP) is 3.39. The maximum Gasteiger partial charge on any atom is 0.341 e. The number of nitrogens with one attached hydrogen (secondary N) is 2. The summed E-state index contributed by atoms with van der Waals surface area (Å²) in [6, 6.07) is 8.44. The van der Waals surface area contributed by atoms with Crippen LogP contribution in [0.25, 0.3) is 0 Å². The molecule has 1 saturated carbocycles. The van der Waals surface area contributed by atoms with Crippen molar-refractivity contribution in [2.75, 3.05) is 24.5 Å². The molecule has 4 rings (SSSR count). The summed E-state index contributed by atoms with van der Waals surface area (Å²) in [5.74, 6) is 0.690. The molecule has 2 aromatic rings. The zero-order valence-corrected chi connectivity index (χ0v) is 19.7. The highest BCUT2D eigenvalue weighted by Gasteiger charge is 2.21. The number of anilines is 1. The average molecular weight is 486 g/mol. The van der Waals surface area contributed by atoms with E-state index in [1.165, 1.54) is 6.20 Å². The summed E-state index contributed by atoms with van der Waals surface area (Å²) in [4.78, 5) is 41.4. The Labute approximate surface area is 201 Å². The van der Waals surface area contributed by atoms with Crippen LogP contribution in [0.2, 0.25) is 0 Å². The van der Waals surface area contributed by atoms with Gasteiger partial charge in [-0.05, 0) is 55.9 Å².